The molecule has 0 bridgehead atoms. The van der Waals surface area contributed by atoms with E-state index in [1.54, 1.807) is 42.5 Å². The highest BCUT2D eigenvalue weighted by Crippen LogP contribution is 2.26. The number of para-hydroxylation sites is 1. The summed E-state index contributed by atoms with van der Waals surface area (Å²) in [5.41, 5.74) is 1.07. The minimum absolute atomic E-state index is 0.272. The maximum atomic E-state index is 12.7. The molecule has 1 N–H and O–H groups in total. The molecule has 0 aliphatic rings. The average molecular weight is 396 g/mol. The lowest BCUT2D eigenvalue weighted by atomic mass is 10.1. The number of unbranched alkanes of at least 4 members (excludes halogenated alkanes) is 1. The lowest BCUT2D eigenvalue weighted by molar-refractivity contribution is 0.102. The first-order valence-electron chi connectivity index (χ1n) is 9.22. The fraction of sp³-hybridized carbons (Fsp3) is 0.174. The van der Waals surface area contributed by atoms with Gasteiger partial charge in [0.25, 0.3) is 5.91 Å². The van der Waals surface area contributed by atoms with Gasteiger partial charge in [0.05, 0.1) is 12.2 Å². The molecule has 0 aliphatic carbocycles. The van der Waals surface area contributed by atoms with Gasteiger partial charge < -0.3 is 14.8 Å². The van der Waals surface area contributed by atoms with Crippen LogP contribution >= 0.6 is 11.6 Å². The number of ether oxygens (including phenoxy) is 2. The fourth-order valence-electron chi connectivity index (χ4n) is 2.56. The summed E-state index contributed by atoms with van der Waals surface area (Å²) in [7, 11) is 0. The highest BCUT2D eigenvalue weighted by Gasteiger charge is 2.14. The van der Waals surface area contributed by atoms with Gasteiger partial charge in [-0.25, -0.2) is 0 Å². The number of anilines is 1. The Morgan fingerprint density at radius 1 is 0.964 bits per heavy atom. The third kappa shape index (κ3) is 5.51. The summed E-state index contributed by atoms with van der Waals surface area (Å²) in [6.45, 7) is 2.65. The van der Waals surface area contributed by atoms with Gasteiger partial charge in [-0.05, 0) is 61.0 Å². The van der Waals surface area contributed by atoms with Crippen molar-refractivity contribution in [1.29, 1.82) is 0 Å². The van der Waals surface area contributed by atoms with Crippen molar-refractivity contribution >= 4 is 23.2 Å². The molecule has 0 aliphatic heterocycles. The number of rotatable bonds is 8. The van der Waals surface area contributed by atoms with E-state index in [1.807, 2.05) is 30.3 Å². The Morgan fingerprint density at radius 3 is 2.39 bits per heavy atom. The van der Waals surface area contributed by atoms with Crippen molar-refractivity contribution in [2.75, 3.05) is 11.9 Å². The Balaban J connectivity index is 1.68. The molecular formula is C23H22ClNO3. The molecule has 3 rings (SSSR count). The van der Waals surface area contributed by atoms with Gasteiger partial charge in [-0.2, -0.15) is 0 Å². The van der Waals surface area contributed by atoms with Gasteiger partial charge >= 0.3 is 0 Å². The second kappa shape index (κ2) is 9.81. The van der Waals surface area contributed by atoms with Crippen molar-refractivity contribution in [3.8, 4) is 17.2 Å². The van der Waals surface area contributed by atoms with Gasteiger partial charge in [-0.3, -0.25) is 4.79 Å². The normalized spacial score (nSPS) is 10.4. The van der Waals surface area contributed by atoms with E-state index in [1.165, 1.54) is 0 Å². The first-order valence-corrected chi connectivity index (χ1v) is 9.60. The number of benzene rings is 3. The van der Waals surface area contributed by atoms with Gasteiger partial charge in [0.15, 0.2) is 0 Å². The average Bonchev–Trinajstić information content (AvgIpc) is 2.71. The summed E-state index contributed by atoms with van der Waals surface area (Å²) in [6, 6.07) is 21.8. The van der Waals surface area contributed by atoms with Crippen LogP contribution in [0.1, 0.15) is 30.1 Å². The van der Waals surface area contributed by atoms with Crippen molar-refractivity contribution in [2.45, 2.75) is 19.8 Å². The van der Waals surface area contributed by atoms with E-state index < -0.39 is 0 Å². The molecule has 0 heterocycles. The van der Waals surface area contributed by atoms with Crippen molar-refractivity contribution in [3.63, 3.8) is 0 Å². The predicted octanol–water partition coefficient (Wildman–Crippen LogP) is 6.56. The van der Waals surface area contributed by atoms with Crippen LogP contribution < -0.4 is 14.8 Å². The molecule has 0 fully saturated rings. The van der Waals surface area contributed by atoms with E-state index >= 15 is 0 Å². The molecule has 0 atom stereocenters. The minimum Gasteiger partial charge on any atom is -0.493 e. The number of hydrogen-bond donors (Lipinski definition) is 1. The SMILES string of the molecule is CCCCOc1ccc(Cl)cc1C(=O)Nc1ccc(Oc2ccccc2)cc1. The van der Waals surface area contributed by atoms with Crippen molar-refractivity contribution in [1.82, 2.24) is 0 Å². The molecule has 0 aromatic heterocycles. The van der Waals surface area contributed by atoms with Crippen molar-refractivity contribution < 1.29 is 14.3 Å². The molecule has 0 saturated heterocycles. The molecule has 4 nitrogen and oxygen atoms in total. The first kappa shape index (κ1) is 19.8. The van der Waals surface area contributed by atoms with Crippen LogP contribution in [0, 0.1) is 0 Å². The fourth-order valence-corrected chi connectivity index (χ4v) is 2.73. The molecule has 144 valence electrons. The standard InChI is InChI=1S/C23H22ClNO3/c1-2-3-15-27-22-14-9-17(24)16-21(22)23(26)25-18-10-12-20(13-11-18)28-19-7-5-4-6-8-19/h4-14,16H,2-3,15H2,1H3,(H,25,26). The molecule has 1 amide bonds. The molecule has 0 unspecified atom stereocenters. The van der Waals surface area contributed by atoms with Gasteiger partial charge in [-0.1, -0.05) is 43.1 Å². The van der Waals surface area contributed by atoms with Crippen molar-refractivity contribution in [2.24, 2.45) is 0 Å². The number of amides is 1. The van der Waals surface area contributed by atoms with E-state index in [-0.39, 0.29) is 5.91 Å². The van der Waals surface area contributed by atoms with Gasteiger partial charge in [0, 0.05) is 10.7 Å². The highest BCUT2D eigenvalue weighted by atomic mass is 35.5. The van der Waals surface area contributed by atoms with Gasteiger partial charge in [-0.15, -0.1) is 0 Å². The second-order valence-electron chi connectivity index (χ2n) is 6.24. The van der Waals surface area contributed by atoms with Crippen LogP contribution in [0.5, 0.6) is 17.2 Å². The van der Waals surface area contributed by atoms with E-state index in [0.717, 1.165) is 18.6 Å². The van der Waals surface area contributed by atoms with Crippen LogP contribution in [0.25, 0.3) is 0 Å². The van der Waals surface area contributed by atoms with E-state index in [0.29, 0.717) is 34.4 Å². The molecule has 28 heavy (non-hydrogen) atoms. The third-order valence-electron chi connectivity index (χ3n) is 4.03. The monoisotopic (exact) mass is 395 g/mol. The number of nitrogens with one attached hydrogen (secondary N) is 1. The first-order chi connectivity index (χ1) is 13.7. The Kier molecular flexibility index (Phi) is 6.93. The summed E-state index contributed by atoms with van der Waals surface area (Å²) in [5.74, 6) is 1.70. The Morgan fingerprint density at radius 2 is 1.68 bits per heavy atom. The maximum Gasteiger partial charge on any atom is 0.259 e. The quantitative estimate of drug-likeness (QED) is 0.439. The van der Waals surface area contributed by atoms with Crippen LogP contribution in [0.15, 0.2) is 72.8 Å². The topological polar surface area (TPSA) is 47.6 Å². The molecule has 0 saturated carbocycles. The lowest BCUT2D eigenvalue weighted by Crippen LogP contribution is -2.14. The van der Waals surface area contributed by atoms with Crippen LogP contribution in [-0.2, 0) is 0 Å². The van der Waals surface area contributed by atoms with Gasteiger partial charge in [0.1, 0.15) is 17.2 Å². The summed E-state index contributed by atoms with van der Waals surface area (Å²) < 4.78 is 11.5. The molecule has 0 radical (unpaired) electrons. The second-order valence-corrected chi connectivity index (χ2v) is 6.67. The summed E-state index contributed by atoms with van der Waals surface area (Å²) >= 11 is 6.07. The highest BCUT2D eigenvalue weighted by molar-refractivity contribution is 6.31. The number of carbonyl (C=O) groups is 1. The number of hydrogen-bond acceptors (Lipinski definition) is 3. The predicted molar refractivity (Wildman–Crippen MR) is 113 cm³/mol. The summed E-state index contributed by atoms with van der Waals surface area (Å²) in [6.07, 6.45) is 1.94. The van der Waals surface area contributed by atoms with Crippen LogP contribution in [0.3, 0.4) is 0 Å². The molecular weight excluding hydrogens is 374 g/mol. The maximum absolute atomic E-state index is 12.7. The Labute approximate surface area is 170 Å². The summed E-state index contributed by atoms with van der Waals surface area (Å²) in [4.78, 5) is 12.7. The zero-order valence-corrected chi connectivity index (χ0v) is 16.4. The van der Waals surface area contributed by atoms with Crippen LogP contribution in [0.2, 0.25) is 5.02 Å². The molecule has 3 aromatic carbocycles. The summed E-state index contributed by atoms with van der Waals surface area (Å²) in [5, 5.41) is 3.36. The van der Waals surface area contributed by atoms with Crippen molar-refractivity contribution in [3.05, 3.63) is 83.4 Å². The lowest BCUT2D eigenvalue weighted by Gasteiger charge is -2.12. The zero-order chi connectivity index (χ0) is 19.8. The Hall–Kier alpha value is -2.98. The Bertz CT molecular complexity index is 911. The molecule has 3 aromatic rings. The van der Waals surface area contributed by atoms with E-state index in [2.05, 4.69) is 12.2 Å². The minimum atomic E-state index is -0.272. The van der Waals surface area contributed by atoms with Gasteiger partial charge in [0.2, 0.25) is 0 Å². The number of carbonyl (C=O) groups excluding carboxylic acids is 1. The third-order valence-corrected chi connectivity index (χ3v) is 4.27. The van der Waals surface area contributed by atoms with E-state index in [4.69, 9.17) is 21.1 Å². The number of halogens is 1. The van der Waals surface area contributed by atoms with Crippen LogP contribution in [-0.4, -0.2) is 12.5 Å². The smallest absolute Gasteiger partial charge is 0.259 e. The van der Waals surface area contributed by atoms with E-state index in [9.17, 15) is 4.79 Å². The largest absolute Gasteiger partial charge is 0.493 e. The van der Waals surface area contributed by atoms with Crippen LogP contribution in [0.4, 0.5) is 5.69 Å². The molecule has 0 spiro atoms. The molecule has 5 heteroatoms. The zero-order valence-electron chi connectivity index (χ0n) is 15.7.